The van der Waals surface area contributed by atoms with Crippen molar-refractivity contribution in [2.45, 2.75) is 13.8 Å². The molecule has 0 aliphatic rings. The van der Waals surface area contributed by atoms with E-state index in [9.17, 15) is 9.59 Å². The van der Waals surface area contributed by atoms with Gasteiger partial charge in [-0.05, 0) is 18.1 Å². The summed E-state index contributed by atoms with van der Waals surface area (Å²) in [4.78, 5) is 24.1. The highest BCUT2D eigenvalue weighted by molar-refractivity contribution is 5.81. The highest BCUT2D eigenvalue weighted by Crippen LogP contribution is 2.11. The summed E-state index contributed by atoms with van der Waals surface area (Å²) in [6, 6.07) is 8.71. The highest BCUT2D eigenvalue weighted by Gasteiger charge is 2.18. The number of amides is 2. The van der Waals surface area contributed by atoms with Crippen LogP contribution in [0.15, 0.2) is 30.3 Å². The number of rotatable bonds is 5. The molecule has 2 N–H and O–H groups in total. The molecule has 1 rings (SSSR count). The van der Waals surface area contributed by atoms with E-state index in [1.165, 1.54) is 4.90 Å². The van der Waals surface area contributed by atoms with Crippen LogP contribution in [0.3, 0.4) is 0 Å². The van der Waals surface area contributed by atoms with Crippen molar-refractivity contribution in [3.63, 3.8) is 0 Å². The lowest BCUT2D eigenvalue weighted by molar-refractivity contribution is -0.118. The molecule has 5 heteroatoms. The minimum Gasteiger partial charge on any atom is -0.410 e. The molecular weight excluding hydrogens is 232 g/mol. The fourth-order valence-electron chi connectivity index (χ4n) is 1.49. The number of carbonyl (C=O) groups is 2. The normalized spacial score (nSPS) is 10.2. The zero-order chi connectivity index (χ0) is 13.5. The summed E-state index contributed by atoms with van der Waals surface area (Å²) in [5.41, 5.74) is 5.11. The van der Waals surface area contributed by atoms with Crippen molar-refractivity contribution < 1.29 is 14.3 Å². The number of hydrogen-bond donors (Lipinski definition) is 1. The lowest BCUT2D eigenvalue weighted by Crippen LogP contribution is -2.42. The zero-order valence-electron chi connectivity index (χ0n) is 10.6. The first-order chi connectivity index (χ1) is 8.49. The van der Waals surface area contributed by atoms with Gasteiger partial charge in [-0.15, -0.1) is 0 Å². The largest absolute Gasteiger partial charge is 0.415 e. The number of benzene rings is 1. The molecule has 0 aromatic heterocycles. The molecule has 0 aliphatic carbocycles. The van der Waals surface area contributed by atoms with Crippen LogP contribution in [-0.4, -0.2) is 30.0 Å². The molecule has 0 fully saturated rings. The summed E-state index contributed by atoms with van der Waals surface area (Å²) in [6.07, 6.45) is -0.561. The van der Waals surface area contributed by atoms with Gasteiger partial charge in [0.15, 0.2) is 0 Å². The number of nitrogens with two attached hydrogens (primary N) is 1. The molecule has 2 amide bonds. The van der Waals surface area contributed by atoms with E-state index in [0.29, 0.717) is 12.3 Å². The topological polar surface area (TPSA) is 72.6 Å². The van der Waals surface area contributed by atoms with Gasteiger partial charge in [0.2, 0.25) is 5.91 Å². The Morgan fingerprint density at radius 3 is 2.39 bits per heavy atom. The van der Waals surface area contributed by atoms with Gasteiger partial charge in [0.05, 0.1) is 0 Å². The maximum atomic E-state index is 11.9. The van der Waals surface area contributed by atoms with E-state index in [2.05, 4.69) is 0 Å². The number of primary amides is 1. The van der Waals surface area contributed by atoms with Crippen LogP contribution in [0.2, 0.25) is 0 Å². The average Bonchev–Trinajstić information content (AvgIpc) is 2.28. The molecule has 1 aromatic rings. The van der Waals surface area contributed by atoms with Crippen molar-refractivity contribution in [2.24, 2.45) is 11.7 Å². The van der Waals surface area contributed by atoms with Crippen molar-refractivity contribution in [1.29, 1.82) is 0 Å². The maximum absolute atomic E-state index is 11.9. The first kappa shape index (κ1) is 14.0. The van der Waals surface area contributed by atoms with E-state index in [1.54, 1.807) is 24.3 Å². The summed E-state index contributed by atoms with van der Waals surface area (Å²) < 4.78 is 5.16. The van der Waals surface area contributed by atoms with Crippen LogP contribution >= 0.6 is 0 Å². The molecule has 98 valence electrons. The summed E-state index contributed by atoms with van der Waals surface area (Å²) in [5, 5.41) is 0. The molecule has 1 aromatic carbocycles. The van der Waals surface area contributed by atoms with Gasteiger partial charge >= 0.3 is 6.09 Å². The Morgan fingerprint density at radius 2 is 1.89 bits per heavy atom. The van der Waals surface area contributed by atoms with Crippen LogP contribution in [0.25, 0.3) is 0 Å². The lowest BCUT2D eigenvalue weighted by atomic mass is 10.2. The minimum atomic E-state index is -0.561. The fraction of sp³-hybridized carbons (Fsp3) is 0.385. The molecule has 0 atom stereocenters. The number of hydrogen-bond acceptors (Lipinski definition) is 3. The minimum absolute atomic E-state index is 0.135. The second-order valence-corrected chi connectivity index (χ2v) is 4.42. The smallest absolute Gasteiger partial charge is 0.410 e. The summed E-state index contributed by atoms with van der Waals surface area (Å²) in [6.45, 7) is 4.19. The van der Waals surface area contributed by atoms with Crippen molar-refractivity contribution in [2.75, 3.05) is 13.1 Å². The van der Waals surface area contributed by atoms with Gasteiger partial charge in [-0.2, -0.15) is 0 Å². The van der Waals surface area contributed by atoms with Crippen molar-refractivity contribution in [1.82, 2.24) is 4.90 Å². The van der Waals surface area contributed by atoms with Gasteiger partial charge in [-0.3, -0.25) is 9.69 Å². The summed E-state index contributed by atoms with van der Waals surface area (Å²) in [5.74, 6) is 0.120. The van der Waals surface area contributed by atoms with Crippen molar-refractivity contribution in [3.8, 4) is 5.75 Å². The molecule has 0 saturated carbocycles. The van der Waals surface area contributed by atoms with Crippen LogP contribution in [0.5, 0.6) is 5.75 Å². The van der Waals surface area contributed by atoms with E-state index in [-0.39, 0.29) is 12.5 Å². The molecule has 0 heterocycles. The molecular formula is C13H18N2O3. The third-order valence-electron chi connectivity index (χ3n) is 2.14. The number of ether oxygens (including phenoxy) is 1. The predicted molar refractivity (Wildman–Crippen MR) is 68.1 cm³/mol. The van der Waals surface area contributed by atoms with E-state index in [4.69, 9.17) is 10.5 Å². The molecule has 0 unspecified atom stereocenters. The first-order valence-corrected chi connectivity index (χ1v) is 5.79. The number of para-hydroxylation sites is 1. The molecule has 18 heavy (non-hydrogen) atoms. The summed E-state index contributed by atoms with van der Waals surface area (Å²) >= 11 is 0. The van der Waals surface area contributed by atoms with Crippen molar-refractivity contribution >= 4 is 12.0 Å². The van der Waals surface area contributed by atoms with Gasteiger partial charge in [-0.1, -0.05) is 32.0 Å². The quantitative estimate of drug-likeness (QED) is 0.863. The SMILES string of the molecule is CC(C)CN(CC(N)=O)C(=O)Oc1ccccc1. The Morgan fingerprint density at radius 1 is 1.28 bits per heavy atom. The molecule has 0 bridgehead atoms. The Labute approximate surface area is 107 Å². The van der Waals surface area contributed by atoms with E-state index in [1.807, 2.05) is 19.9 Å². The molecule has 0 spiro atoms. The second-order valence-electron chi connectivity index (χ2n) is 4.42. The predicted octanol–water partition coefficient (Wildman–Crippen LogP) is 1.63. The molecule has 5 nitrogen and oxygen atoms in total. The van der Waals surface area contributed by atoms with Gasteiger partial charge in [-0.25, -0.2) is 4.79 Å². The van der Waals surface area contributed by atoms with Crippen LogP contribution < -0.4 is 10.5 Å². The van der Waals surface area contributed by atoms with E-state index in [0.717, 1.165) is 0 Å². The Hall–Kier alpha value is -2.04. The van der Waals surface area contributed by atoms with Crippen LogP contribution in [0.1, 0.15) is 13.8 Å². The second kappa shape index (κ2) is 6.64. The maximum Gasteiger partial charge on any atom is 0.415 e. The number of nitrogens with zero attached hydrogens (tertiary/aromatic N) is 1. The summed E-state index contributed by atoms with van der Waals surface area (Å²) in [7, 11) is 0. The third-order valence-corrected chi connectivity index (χ3v) is 2.14. The van der Waals surface area contributed by atoms with Gasteiger partial charge in [0.1, 0.15) is 12.3 Å². The Balaban J connectivity index is 2.67. The fourth-order valence-corrected chi connectivity index (χ4v) is 1.49. The highest BCUT2D eigenvalue weighted by atomic mass is 16.6. The van der Waals surface area contributed by atoms with Gasteiger partial charge in [0, 0.05) is 6.54 Å². The van der Waals surface area contributed by atoms with Crippen LogP contribution in [0, 0.1) is 5.92 Å². The van der Waals surface area contributed by atoms with Crippen LogP contribution in [-0.2, 0) is 4.79 Å². The van der Waals surface area contributed by atoms with Gasteiger partial charge in [0.25, 0.3) is 0 Å². The van der Waals surface area contributed by atoms with E-state index >= 15 is 0 Å². The monoisotopic (exact) mass is 250 g/mol. The molecule has 0 radical (unpaired) electrons. The van der Waals surface area contributed by atoms with Gasteiger partial charge < -0.3 is 10.5 Å². The average molecular weight is 250 g/mol. The van der Waals surface area contributed by atoms with Crippen LogP contribution in [0.4, 0.5) is 4.79 Å². The first-order valence-electron chi connectivity index (χ1n) is 5.79. The van der Waals surface area contributed by atoms with Crippen molar-refractivity contribution in [3.05, 3.63) is 30.3 Å². The number of carbonyl (C=O) groups excluding carboxylic acids is 2. The lowest BCUT2D eigenvalue weighted by Gasteiger charge is -2.22. The third kappa shape index (κ3) is 4.86. The molecule has 0 saturated heterocycles. The standard InChI is InChI=1S/C13H18N2O3/c1-10(2)8-15(9-12(14)16)13(17)18-11-6-4-3-5-7-11/h3-7,10H,8-9H2,1-2H3,(H2,14,16). The van der Waals surface area contributed by atoms with E-state index < -0.39 is 12.0 Å². The molecule has 0 aliphatic heterocycles. The zero-order valence-corrected chi connectivity index (χ0v) is 10.6. The Kier molecular flexibility index (Phi) is 5.17. The Bertz CT molecular complexity index is 404.